The largest absolute Gasteiger partial charge is 0.497 e. The van der Waals surface area contributed by atoms with Gasteiger partial charge in [-0.25, -0.2) is 14.4 Å². The number of hydrogen-bond donors (Lipinski definition) is 0. The summed E-state index contributed by atoms with van der Waals surface area (Å²) in [6.07, 6.45) is 1.07. The van der Waals surface area contributed by atoms with Crippen molar-refractivity contribution in [3.63, 3.8) is 0 Å². The van der Waals surface area contributed by atoms with E-state index in [1.807, 2.05) is 0 Å². The predicted molar refractivity (Wildman–Crippen MR) is 122 cm³/mol. The van der Waals surface area contributed by atoms with Gasteiger partial charge in [-0.2, -0.15) is 0 Å². The Balaban J connectivity index is 1.50. The van der Waals surface area contributed by atoms with Crippen molar-refractivity contribution in [2.24, 2.45) is 0 Å². The predicted octanol–water partition coefficient (Wildman–Crippen LogP) is 4.24. The molecule has 3 aromatic carbocycles. The normalized spacial score (nSPS) is 10.0. The number of esters is 3. The molecular formula is C26H22O8. The van der Waals surface area contributed by atoms with Crippen LogP contribution in [0.5, 0.6) is 23.0 Å². The van der Waals surface area contributed by atoms with Gasteiger partial charge in [-0.1, -0.05) is 6.58 Å². The molecule has 0 radical (unpaired) electrons. The number of carbonyl (C=O) groups excluding carboxylic acids is 3. The number of rotatable bonds is 10. The Labute approximate surface area is 196 Å². The zero-order chi connectivity index (χ0) is 24.3. The van der Waals surface area contributed by atoms with Gasteiger partial charge >= 0.3 is 17.9 Å². The van der Waals surface area contributed by atoms with E-state index in [0.717, 1.165) is 6.08 Å². The van der Waals surface area contributed by atoms with E-state index in [1.165, 1.54) is 24.3 Å². The summed E-state index contributed by atoms with van der Waals surface area (Å²) < 4.78 is 26.0. The van der Waals surface area contributed by atoms with Gasteiger partial charge in [-0.3, -0.25) is 0 Å². The Hall–Kier alpha value is -4.59. The Morgan fingerprint density at radius 2 is 1.12 bits per heavy atom. The first-order valence-electron chi connectivity index (χ1n) is 10.2. The lowest BCUT2D eigenvalue weighted by molar-refractivity contribution is -0.138. The maximum atomic E-state index is 12.4. The summed E-state index contributed by atoms with van der Waals surface area (Å²) in [6, 6.07) is 18.9. The molecule has 0 spiro atoms. The third-order valence-electron chi connectivity index (χ3n) is 4.42. The van der Waals surface area contributed by atoms with Crippen LogP contribution in [0.1, 0.15) is 20.7 Å². The summed E-state index contributed by atoms with van der Waals surface area (Å²) >= 11 is 0. The molecule has 0 unspecified atom stereocenters. The third kappa shape index (κ3) is 6.96. The van der Waals surface area contributed by atoms with Crippen LogP contribution in [-0.2, 0) is 9.53 Å². The molecule has 0 amide bonds. The van der Waals surface area contributed by atoms with E-state index in [9.17, 15) is 14.4 Å². The molecule has 0 atom stereocenters. The molecule has 0 N–H and O–H groups in total. The highest BCUT2D eigenvalue weighted by Crippen LogP contribution is 2.20. The lowest BCUT2D eigenvalue weighted by atomic mass is 10.2. The molecule has 0 saturated carbocycles. The van der Waals surface area contributed by atoms with E-state index in [2.05, 4.69) is 6.58 Å². The van der Waals surface area contributed by atoms with Crippen molar-refractivity contribution in [1.29, 1.82) is 0 Å². The maximum absolute atomic E-state index is 12.4. The van der Waals surface area contributed by atoms with Gasteiger partial charge in [0.1, 0.15) is 36.2 Å². The number of ether oxygens (including phenoxy) is 5. The lowest BCUT2D eigenvalue weighted by Crippen LogP contribution is -2.11. The first kappa shape index (κ1) is 24.1. The molecule has 174 valence electrons. The van der Waals surface area contributed by atoms with Gasteiger partial charge in [0, 0.05) is 6.08 Å². The fourth-order valence-corrected chi connectivity index (χ4v) is 2.68. The average Bonchev–Trinajstić information content (AvgIpc) is 2.87. The quantitative estimate of drug-likeness (QED) is 0.191. The van der Waals surface area contributed by atoms with E-state index in [0.29, 0.717) is 28.4 Å². The summed E-state index contributed by atoms with van der Waals surface area (Å²) in [5, 5.41) is 0. The summed E-state index contributed by atoms with van der Waals surface area (Å²) in [7, 11) is 1.55. The van der Waals surface area contributed by atoms with Gasteiger partial charge in [0.2, 0.25) is 0 Å². The van der Waals surface area contributed by atoms with Gasteiger partial charge in [0.25, 0.3) is 0 Å². The van der Waals surface area contributed by atoms with Crippen LogP contribution in [0.3, 0.4) is 0 Å². The smallest absolute Gasteiger partial charge is 0.343 e. The highest BCUT2D eigenvalue weighted by Gasteiger charge is 2.12. The van der Waals surface area contributed by atoms with Crippen LogP contribution in [0, 0.1) is 0 Å². The van der Waals surface area contributed by atoms with Crippen LogP contribution < -0.4 is 18.9 Å². The van der Waals surface area contributed by atoms with Gasteiger partial charge < -0.3 is 23.7 Å². The van der Waals surface area contributed by atoms with E-state index < -0.39 is 17.9 Å². The SMILES string of the molecule is C=CC(=O)OCCOc1ccc(C(=O)Oc2ccc(C(=O)Oc3ccc(OC)cc3)cc2)cc1. The average molecular weight is 462 g/mol. The first-order valence-corrected chi connectivity index (χ1v) is 10.2. The lowest BCUT2D eigenvalue weighted by Gasteiger charge is -2.08. The van der Waals surface area contributed by atoms with Crippen LogP contribution in [0.15, 0.2) is 85.5 Å². The van der Waals surface area contributed by atoms with Crippen LogP contribution in [-0.4, -0.2) is 38.2 Å². The molecule has 3 aromatic rings. The van der Waals surface area contributed by atoms with E-state index >= 15 is 0 Å². The summed E-state index contributed by atoms with van der Waals surface area (Å²) in [5.41, 5.74) is 0.615. The number of carbonyl (C=O) groups is 3. The van der Waals surface area contributed by atoms with Crippen molar-refractivity contribution in [1.82, 2.24) is 0 Å². The number of benzene rings is 3. The topological polar surface area (TPSA) is 97.4 Å². The molecular weight excluding hydrogens is 440 g/mol. The minimum Gasteiger partial charge on any atom is -0.497 e. The van der Waals surface area contributed by atoms with Crippen LogP contribution in [0.25, 0.3) is 0 Å². The molecule has 0 saturated heterocycles. The Morgan fingerprint density at radius 3 is 1.59 bits per heavy atom. The van der Waals surface area contributed by atoms with Crippen molar-refractivity contribution < 1.29 is 38.1 Å². The minimum atomic E-state index is -0.569. The molecule has 0 aliphatic heterocycles. The summed E-state index contributed by atoms with van der Waals surface area (Å²) in [4.78, 5) is 35.6. The molecule has 0 aliphatic rings. The highest BCUT2D eigenvalue weighted by molar-refractivity contribution is 5.92. The van der Waals surface area contributed by atoms with Crippen molar-refractivity contribution in [3.8, 4) is 23.0 Å². The molecule has 3 rings (SSSR count). The second kappa shape index (κ2) is 11.9. The fourth-order valence-electron chi connectivity index (χ4n) is 2.68. The van der Waals surface area contributed by atoms with Crippen molar-refractivity contribution in [2.75, 3.05) is 20.3 Å². The van der Waals surface area contributed by atoms with Gasteiger partial charge in [-0.05, 0) is 72.8 Å². The molecule has 0 aromatic heterocycles. The fraction of sp³-hybridized carbons (Fsp3) is 0.115. The number of methoxy groups -OCH3 is 1. The van der Waals surface area contributed by atoms with E-state index in [4.69, 9.17) is 23.7 Å². The van der Waals surface area contributed by atoms with Crippen molar-refractivity contribution in [3.05, 3.63) is 96.6 Å². The Bertz CT molecular complexity index is 1130. The second-order valence-electron chi connectivity index (χ2n) is 6.72. The zero-order valence-corrected chi connectivity index (χ0v) is 18.4. The highest BCUT2D eigenvalue weighted by atomic mass is 16.6. The summed E-state index contributed by atoms with van der Waals surface area (Å²) in [5.74, 6) is 0.175. The van der Waals surface area contributed by atoms with Gasteiger partial charge in [-0.15, -0.1) is 0 Å². The monoisotopic (exact) mass is 462 g/mol. The second-order valence-corrected chi connectivity index (χ2v) is 6.72. The zero-order valence-electron chi connectivity index (χ0n) is 18.4. The Kier molecular flexibility index (Phi) is 8.40. The van der Waals surface area contributed by atoms with Gasteiger partial charge in [0.15, 0.2) is 0 Å². The Morgan fingerprint density at radius 1 is 0.676 bits per heavy atom. The first-order chi connectivity index (χ1) is 16.5. The van der Waals surface area contributed by atoms with Crippen molar-refractivity contribution in [2.45, 2.75) is 0 Å². The molecule has 8 nitrogen and oxygen atoms in total. The molecule has 8 heteroatoms. The molecule has 34 heavy (non-hydrogen) atoms. The molecule has 0 fully saturated rings. The standard InChI is InChI=1S/C26H22O8/c1-3-24(27)32-17-16-31-21-8-4-18(5-9-21)25(28)33-22-10-6-19(7-11-22)26(29)34-23-14-12-20(30-2)13-15-23/h3-15H,1,16-17H2,2H3. The minimum absolute atomic E-state index is 0.0816. The molecule has 0 bridgehead atoms. The van der Waals surface area contributed by atoms with Crippen molar-refractivity contribution >= 4 is 17.9 Å². The van der Waals surface area contributed by atoms with E-state index in [1.54, 1.807) is 55.6 Å². The molecule has 0 aliphatic carbocycles. The number of hydrogen-bond acceptors (Lipinski definition) is 8. The third-order valence-corrected chi connectivity index (χ3v) is 4.42. The van der Waals surface area contributed by atoms with Crippen LogP contribution in [0.4, 0.5) is 0 Å². The summed E-state index contributed by atoms with van der Waals surface area (Å²) in [6.45, 7) is 3.55. The van der Waals surface area contributed by atoms with E-state index in [-0.39, 0.29) is 19.0 Å². The van der Waals surface area contributed by atoms with Gasteiger partial charge in [0.05, 0.1) is 18.2 Å². The molecule has 0 heterocycles. The maximum Gasteiger partial charge on any atom is 0.343 e. The van der Waals surface area contributed by atoms with Crippen LogP contribution >= 0.6 is 0 Å². The van der Waals surface area contributed by atoms with Crippen LogP contribution in [0.2, 0.25) is 0 Å².